The van der Waals surface area contributed by atoms with Crippen LogP contribution in [0.1, 0.15) is 30.9 Å². The molecule has 0 saturated carbocycles. The van der Waals surface area contributed by atoms with E-state index in [0.717, 1.165) is 25.0 Å². The zero-order chi connectivity index (χ0) is 20.1. The van der Waals surface area contributed by atoms with Gasteiger partial charge in [-0.15, -0.1) is 0 Å². The fourth-order valence-corrected chi connectivity index (χ4v) is 4.43. The van der Waals surface area contributed by atoms with Crippen LogP contribution in [0.2, 0.25) is 0 Å². The third kappa shape index (κ3) is 4.88. The molecule has 8 heteroatoms. The molecule has 1 heterocycles. The summed E-state index contributed by atoms with van der Waals surface area (Å²) in [6.45, 7) is 1.39. The zero-order valence-corrected chi connectivity index (χ0v) is 16.4. The molecule has 0 aromatic heterocycles. The van der Waals surface area contributed by atoms with Crippen molar-refractivity contribution in [3.8, 4) is 5.75 Å². The molecule has 1 unspecified atom stereocenters. The summed E-state index contributed by atoms with van der Waals surface area (Å²) >= 11 is 0. The molecule has 0 aliphatic carbocycles. The second kappa shape index (κ2) is 8.70. The number of hydrogen-bond acceptors (Lipinski definition) is 4. The number of hydrogen-bond donors (Lipinski definition) is 1. The van der Waals surface area contributed by atoms with Crippen molar-refractivity contribution in [1.29, 1.82) is 0 Å². The molecule has 1 N–H and O–H groups in total. The SMILES string of the molecule is COc1ccc(C(CC(=O)N2CCCC2)NS(=O)(=O)c2ccc(F)cc2)cc1. The average Bonchev–Trinajstić information content (AvgIpc) is 3.23. The van der Waals surface area contributed by atoms with Crippen molar-refractivity contribution >= 4 is 15.9 Å². The maximum atomic E-state index is 13.1. The van der Waals surface area contributed by atoms with E-state index in [9.17, 15) is 17.6 Å². The smallest absolute Gasteiger partial charge is 0.241 e. The van der Waals surface area contributed by atoms with Gasteiger partial charge in [0, 0.05) is 19.5 Å². The van der Waals surface area contributed by atoms with E-state index in [1.807, 2.05) is 0 Å². The topological polar surface area (TPSA) is 75.7 Å². The summed E-state index contributed by atoms with van der Waals surface area (Å²) < 4.78 is 46.4. The summed E-state index contributed by atoms with van der Waals surface area (Å²) in [4.78, 5) is 14.3. The summed E-state index contributed by atoms with van der Waals surface area (Å²) in [5, 5.41) is 0. The van der Waals surface area contributed by atoms with Crippen LogP contribution in [-0.4, -0.2) is 39.4 Å². The monoisotopic (exact) mass is 406 g/mol. The quantitative estimate of drug-likeness (QED) is 0.767. The number of methoxy groups -OCH3 is 1. The highest BCUT2D eigenvalue weighted by Crippen LogP contribution is 2.24. The Labute approximate surface area is 164 Å². The molecule has 1 aliphatic heterocycles. The summed E-state index contributed by atoms with van der Waals surface area (Å²) in [5.74, 6) is 0.0183. The standard InChI is InChI=1S/C20H23FN2O4S/c1-27-17-8-4-15(5-9-17)19(14-20(24)23-12-2-3-13-23)22-28(25,26)18-10-6-16(21)7-11-18/h4-11,19,22H,2-3,12-14H2,1H3. The van der Waals surface area contributed by atoms with Crippen molar-refractivity contribution in [3.63, 3.8) is 0 Å². The predicted molar refractivity (Wildman–Crippen MR) is 103 cm³/mol. The van der Waals surface area contributed by atoms with E-state index >= 15 is 0 Å². The van der Waals surface area contributed by atoms with Gasteiger partial charge in [-0.25, -0.2) is 17.5 Å². The van der Waals surface area contributed by atoms with Crippen molar-refractivity contribution in [2.45, 2.75) is 30.2 Å². The number of benzene rings is 2. The van der Waals surface area contributed by atoms with Crippen LogP contribution in [0.15, 0.2) is 53.4 Å². The van der Waals surface area contributed by atoms with Gasteiger partial charge in [-0.2, -0.15) is 0 Å². The van der Waals surface area contributed by atoms with Crippen LogP contribution in [-0.2, 0) is 14.8 Å². The number of likely N-dealkylation sites (tertiary alicyclic amines) is 1. The van der Waals surface area contributed by atoms with Crippen molar-refractivity contribution in [2.24, 2.45) is 0 Å². The first-order valence-corrected chi connectivity index (χ1v) is 10.6. The molecule has 1 saturated heterocycles. The number of carbonyl (C=O) groups is 1. The zero-order valence-electron chi connectivity index (χ0n) is 15.6. The molecule has 2 aromatic rings. The predicted octanol–water partition coefficient (Wildman–Crippen LogP) is 2.87. The van der Waals surface area contributed by atoms with Gasteiger partial charge in [0.15, 0.2) is 0 Å². The molecule has 1 fully saturated rings. The second-order valence-electron chi connectivity index (χ2n) is 6.69. The maximum Gasteiger partial charge on any atom is 0.241 e. The van der Waals surface area contributed by atoms with Gasteiger partial charge in [0.2, 0.25) is 15.9 Å². The molecule has 0 bridgehead atoms. The molecule has 3 rings (SSSR count). The van der Waals surface area contributed by atoms with Crippen LogP contribution in [0.3, 0.4) is 0 Å². The average molecular weight is 406 g/mol. The molecule has 0 spiro atoms. The lowest BCUT2D eigenvalue weighted by molar-refractivity contribution is -0.130. The normalized spacial score (nSPS) is 15.4. The van der Waals surface area contributed by atoms with Gasteiger partial charge in [0.05, 0.1) is 18.0 Å². The molecule has 150 valence electrons. The highest BCUT2D eigenvalue weighted by atomic mass is 32.2. The number of halogens is 1. The Morgan fingerprint density at radius 2 is 1.71 bits per heavy atom. The Kier molecular flexibility index (Phi) is 6.31. The van der Waals surface area contributed by atoms with Crippen molar-refractivity contribution in [1.82, 2.24) is 9.62 Å². The van der Waals surface area contributed by atoms with Crippen molar-refractivity contribution in [3.05, 3.63) is 59.9 Å². The van der Waals surface area contributed by atoms with E-state index in [2.05, 4.69) is 4.72 Å². The van der Waals surface area contributed by atoms with Gasteiger partial charge in [-0.1, -0.05) is 12.1 Å². The van der Waals surface area contributed by atoms with Crippen LogP contribution in [0.4, 0.5) is 4.39 Å². The Morgan fingerprint density at radius 1 is 1.11 bits per heavy atom. The first-order valence-electron chi connectivity index (χ1n) is 9.09. The molecule has 6 nitrogen and oxygen atoms in total. The number of nitrogens with one attached hydrogen (secondary N) is 1. The Bertz CT molecular complexity index is 908. The molecule has 1 amide bonds. The van der Waals surface area contributed by atoms with E-state index in [1.165, 1.54) is 12.1 Å². The highest BCUT2D eigenvalue weighted by molar-refractivity contribution is 7.89. The molecule has 1 atom stereocenters. The summed E-state index contributed by atoms with van der Waals surface area (Å²) in [6, 6.07) is 10.7. The van der Waals surface area contributed by atoms with Crippen LogP contribution in [0, 0.1) is 5.82 Å². The van der Waals surface area contributed by atoms with E-state index in [4.69, 9.17) is 4.74 Å². The number of nitrogens with zero attached hydrogens (tertiary/aromatic N) is 1. The van der Waals surface area contributed by atoms with Gasteiger partial charge in [-0.3, -0.25) is 4.79 Å². The summed E-state index contributed by atoms with van der Waals surface area (Å²) in [5.41, 5.74) is 0.652. The number of carbonyl (C=O) groups excluding carboxylic acids is 1. The van der Waals surface area contributed by atoms with Gasteiger partial charge in [0.25, 0.3) is 0 Å². The van der Waals surface area contributed by atoms with Gasteiger partial charge < -0.3 is 9.64 Å². The fraction of sp³-hybridized carbons (Fsp3) is 0.350. The summed E-state index contributed by atoms with van der Waals surface area (Å²) in [6.07, 6.45) is 1.92. The first-order chi connectivity index (χ1) is 13.4. The first kappa shape index (κ1) is 20.3. The van der Waals surface area contributed by atoms with Crippen LogP contribution in [0.25, 0.3) is 0 Å². The van der Waals surface area contributed by atoms with E-state index in [1.54, 1.807) is 36.3 Å². The van der Waals surface area contributed by atoms with E-state index in [-0.39, 0.29) is 17.2 Å². The summed E-state index contributed by atoms with van der Waals surface area (Å²) in [7, 11) is -2.39. The maximum absolute atomic E-state index is 13.1. The highest BCUT2D eigenvalue weighted by Gasteiger charge is 2.27. The lowest BCUT2D eigenvalue weighted by Crippen LogP contribution is -2.35. The van der Waals surface area contributed by atoms with E-state index < -0.39 is 21.9 Å². The minimum absolute atomic E-state index is 0.00670. The Hall–Kier alpha value is -2.45. The second-order valence-corrected chi connectivity index (χ2v) is 8.41. The minimum Gasteiger partial charge on any atom is -0.497 e. The number of amides is 1. The van der Waals surface area contributed by atoms with Gasteiger partial charge in [-0.05, 0) is 54.8 Å². The largest absolute Gasteiger partial charge is 0.497 e. The number of sulfonamides is 1. The van der Waals surface area contributed by atoms with Crippen LogP contribution in [0.5, 0.6) is 5.75 Å². The molecule has 0 radical (unpaired) electrons. The molecule has 1 aliphatic rings. The number of ether oxygens (including phenoxy) is 1. The molecular weight excluding hydrogens is 383 g/mol. The molecule has 28 heavy (non-hydrogen) atoms. The van der Waals surface area contributed by atoms with E-state index in [0.29, 0.717) is 24.4 Å². The van der Waals surface area contributed by atoms with Crippen LogP contribution < -0.4 is 9.46 Å². The van der Waals surface area contributed by atoms with Crippen molar-refractivity contribution < 1.29 is 22.3 Å². The lowest BCUT2D eigenvalue weighted by atomic mass is 10.0. The van der Waals surface area contributed by atoms with Crippen LogP contribution >= 0.6 is 0 Å². The molecule has 2 aromatic carbocycles. The number of rotatable bonds is 7. The van der Waals surface area contributed by atoms with Crippen molar-refractivity contribution in [2.75, 3.05) is 20.2 Å². The fourth-order valence-electron chi connectivity index (χ4n) is 3.20. The Balaban J connectivity index is 1.85. The minimum atomic E-state index is -3.93. The third-order valence-electron chi connectivity index (χ3n) is 4.78. The van der Waals surface area contributed by atoms with Gasteiger partial charge >= 0.3 is 0 Å². The molecular formula is C20H23FN2O4S. The Morgan fingerprint density at radius 3 is 2.29 bits per heavy atom. The third-order valence-corrected chi connectivity index (χ3v) is 6.26. The van der Waals surface area contributed by atoms with Gasteiger partial charge in [0.1, 0.15) is 11.6 Å². The lowest BCUT2D eigenvalue weighted by Gasteiger charge is -2.22.